The molecular formula is C14H23N3O3S. The van der Waals surface area contributed by atoms with E-state index in [2.05, 4.69) is 15.6 Å². The lowest BCUT2D eigenvalue weighted by molar-refractivity contribution is -0.122. The monoisotopic (exact) mass is 313 g/mol. The van der Waals surface area contributed by atoms with Gasteiger partial charge in [-0.2, -0.15) is 0 Å². The van der Waals surface area contributed by atoms with E-state index in [1.54, 1.807) is 12.4 Å². The Hall–Kier alpha value is -1.47. The van der Waals surface area contributed by atoms with Gasteiger partial charge in [0.15, 0.2) is 9.84 Å². The molecule has 1 aromatic heterocycles. The Labute approximate surface area is 126 Å². The summed E-state index contributed by atoms with van der Waals surface area (Å²) >= 11 is 0. The maximum absolute atomic E-state index is 11.8. The molecule has 0 saturated heterocycles. The first-order valence-corrected chi connectivity index (χ1v) is 8.72. The van der Waals surface area contributed by atoms with Crippen LogP contribution in [0.1, 0.15) is 25.8 Å². The van der Waals surface area contributed by atoms with Crippen molar-refractivity contribution >= 4 is 15.7 Å². The Kier molecular flexibility index (Phi) is 6.29. The quantitative estimate of drug-likeness (QED) is 0.682. The normalized spacial score (nSPS) is 12.1. The third-order valence-electron chi connectivity index (χ3n) is 3.34. The molecule has 0 atom stereocenters. The van der Waals surface area contributed by atoms with Crippen LogP contribution in [0.3, 0.4) is 0 Å². The molecule has 2 N–H and O–H groups in total. The molecule has 0 aliphatic carbocycles. The van der Waals surface area contributed by atoms with E-state index in [1.807, 2.05) is 12.1 Å². The average Bonchev–Trinajstić information content (AvgIpc) is 2.42. The van der Waals surface area contributed by atoms with E-state index in [9.17, 15) is 13.2 Å². The second kappa shape index (κ2) is 7.51. The summed E-state index contributed by atoms with van der Waals surface area (Å²) in [4.78, 5) is 15.9. The lowest BCUT2D eigenvalue weighted by Gasteiger charge is -2.21. The molecule has 1 aromatic rings. The Bertz CT molecular complexity index is 556. The number of carbonyl (C=O) groups is 1. The molecule has 0 radical (unpaired) electrons. The first-order chi connectivity index (χ1) is 9.75. The van der Waals surface area contributed by atoms with E-state index in [-0.39, 0.29) is 0 Å². The lowest BCUT2D eigenvalue weighted by Crippen LogP contribution is -2.48. The minimum absolute atomic E-state index is 0.442. The van der Waals surface area contributed by atoms with Gasteiger partial charge >= 0.3 is 0 Å². The summed E-state index contributed by atoms with van der Waals surface area (Å²) in [6, 6.07) is 3.86. The zero-order valence-electron chi connectivity index (χ0n) is 12.7. The van der Waals surface area contributed by atoms with Crippen molar-refractivity contribution in [1.82, 2.24) is 15.6 Å². The van der Waals surface area contributed by atoms with Gasteiger partial charge in [-0.05, 0) is 38.4 Å². The van der Waals surface area contributed by atoms with E-state index in [0.717, 1.165) is 31.3 Å². The van der Waals surface area contributed by atoms with Gasteiger partial charge in [0.1, 0.15) is 4.75 Å². The highest BCUT2D eigenvalue weighted by atomic mass is 32.2. The van der Waals surface area contributed by atoms with Crippen molar-refractivity contribution < 1.29 is 13.2 Å². The molecule has 21 heavy (non-hydrogen) atoms. The Morgan fingerprint density at radius 3 is 2.62 bits per heavy atom. The van der Waals surface area contributed by atoms with Crippen LogP contribution in [-0.2, 0) is 21.2 Å². The Morgan fingerprint density at radius 1 is 1.33 bits per heavy atom. The average molecular weight is 313 g/mol. The highest BCUT2D eigenvalue weighted by Crippen LogP contribution is 2.14. The van der Waals surface area contributed by atoms with Crippen molar-refractivity contribution in [1.29, 1.82) is 0 Å². The van der Waals surface area contributed by atoms with E-state index < -0.39 is 20.5 Å². The van der Waals surface area contributed by atoms with Gasteiger partial charge in [-0.25, -0.2) is 8.42 Å². The van der Waals surface area contributed by atoms with Crippen LogP contribution >= 0.6 is 0 Å². The molecule has 0 bridgehead atoms. The molecule has 0 spiro atoms. The first-order valence-electron chi connectivity index (χ1n) is 6.82. The third kappa shape index (κ3) is 5.43. The number of nitrogens with one attached hydrogen (secondary N) is 2. The number of nitrogens with zero attached hydrogens (tertiary/aromatic N) is 1. The van der Waals surface area contributed by atoms with E-state index in [4.69, 9.17) is 0 Å². The number of sulfone groups is 1. The molecule has 118 valence electrons. The molecule has 1 heterocycles. The van der Waals surface area contributed by atoms with Crippen LogP contribution in [0, 0.1) is 0 Å². The van der Waals surface area contributed by atoms with Crippen LogP contribution in [-0.4, -0.2) is 43.4 Å². The second-order valence-corrected chi connectivity index (χ2v) is 7.99. The van der Waals surface area contributed by atoms with Gasteiger partial charge in [-0.3, -0.25) is 9.78 Å². The van der Waals surface area contributed by atoms with Crippen LogP contribution in [0.4, 0.5) is 0 Å². The van der Waals surface area contributed by atoms with Gasteiger partial charge in [0, 0.05) is 31.7 Å². The summed E-state index contributed by atoms with van der Waals surface area (Å²) in [5, 5.41) is 5.89. The van der Waals surface area contributed by atoms with Crippen LogP contribution in [0.2, 0.25) is 0 Å². The Balaban J connectivity index is 2.21. The van der Waals surface area contributed by atoms with Crippen molar-refractivity contribution in [3.63, 3.8) is 0 Å². The van der Waals surface area contributed by atoms with Gasteiger partial charge in [-0.15, -0.1) is 0 Å². The number of hydrogen-bond donors (Lipinski definition) is 2. The number of hydrogen-bond acceptors (Lipinski definition) is 5. The number of pyridine rings is 1. The fourth-order valence-corrected chi connectivity index (χ4v) is 1.94. The summed E-state index contributed by atoms with van der Waals surface area (Å²) < 4.78 is 21.6. The van der Waals surface area contributed by atoms with Gasteiger partial charge in [0.05, 0.1) is 0 Å². The molecule has 6 nitrogen and oxygen atoms in total. The number of amides is 1. The SMILES string of the molecule is CC(C)(C(=O)NCCCNCc1cccnc1)S(C)(=O)=O. The molecule has 0 aliphatic heterocycles. The van der Waals surface area contributed by atoms with Crippen molar-refractivity contribution in [3.05, 3.63) is 30.1 Å². The number of aromatic nitrogens is 1. The van der Waals surface area contributed by atoms with E-state index >= 15 is 0 Å². The maximum Gasteiger partial charge on any atom is 0.240 e. The number of rotatable bonds is 8. The molecule has 0 saturated carbocycles. The zero-order valence-corrected chi connectivity index (χ0v) is 13.5. The smallest absolute Gasteiger partial charge is 0.240 e. The van der Waals surface area contributed by atoms with Crippen molar-refractivity contribution in [2.24, 2.45) is 0 Å². The van der Waals surface area contributed by atoms with Crippen molar-refractivity contribution in [2.45, 2.75) is 31.6 Å². The van der Waals surface area contributed by atoms with Gasteiger partial charge in [-0.1, -0.05) is 6.07 Å². The first kappa shape index (κ1) is 17.6. The fraction of sp³-hybridized carbons (Fsp3) is 0.571. The minimum Gasteiger partial charge on any atom is -0.355 e. The van der Waals surface area contributed by atoms with Crippen LogP contribution in [0.5, 0.6) is 0 Å². The molecule has 0 aromatic carbocycles. The third-order valence-corrected chi connectivity index (χ3v) is 5.38. The highest BCUT2D eigenvalue weighted by Gasteiger charge is 2.37. The molecular weight excluding hydrogens is 290 g/mol. The Morgan fingerprint density at radius 2 is 2.05 bits per heavy atom. The summed E-state index contributed by atoms with van der Waals surface area (Å²) in [5.74, 6) is -0.461. The van der Waals surface area contributed by atoms with Crippen molar-refractivity contribution in [2.75, 3.05) is 19.3 Å². The molecule has 1 amide bonds. The maximum atomic E-state index is 11.8. The number of carbonyl (C=O) groups excluding carboxylic acids is 1. The van der Waals surface area contributed by atoms with Gasteiger partial charge in [0.2, 0.25) is 5.91 Å². The zero-order chi connectivity index (χ0) is 15.9. The van der Waals surface area contributed by atoms with Crippen molar-refractivity contribution in [3.8, 4) is 0 Å². The highest BCUT2D eigenvalue weighted by molar-refractivity contribution is 7.92. The van der Waals surface area contributed by atoms with E-state index in [1.165, 1.54) is 13.8 Å². The second-order valence-electron chi connectivity index (χ2n) is 5.43. The summed E-state index contributed by atoms with van der Waals surface area (Å²) in [6.45, 7) is 4.72. The molecule has 0 aliphatic rings. The minimum atomic E-state index is -3.42. The largest absolute Gasteiger partial charge is 0.355 e. The molecule has 7 heteroatoms. The predicted molar refractivity (Wildman–Crippen MR) is 82.5 cm³/mol. The standard InChI is InChI=1S/C14H23N3O3S/c1-14(2,21(3,19)20)13(18)17-9-5-8-16-11-12-6-4-7-15-10-12/h4,6-7,10,16H,5,8-9,11H2,1-3H3,(H,17,18). The van der Waals surface area contributed by atoms with Crippen LogP contribution in [0.15, 0.2) is 24.5 Å². The molecule has 1 rings (SSSR count). The fourth-order valence-electron chi connectivity index (χ4n) is 1.53. The lowest BCUT2D eigenvalue weighted by atomic mass is 10.2. The van der Waals surface area contributed by atoms with Gasteiger partial charge < -0.3 is 10.6 Å². The van der Waals surface area contributed by atoms with E-state index in [0.29, 0.717) is 6.54 Å². The van der Waals surface area contributed by atoms with Crippen LogP contribution in [0.25, 0.3) is 0 Å². The predicted octanol–water partition coefficient (Wildman–Crippen LogP) is 0.501. The molecule has 0 fully saturated rings. The summed E-state index contributed by atoms with van der Waals surface area (Å²) in [5.41, 5.74) is 1.10. The summed E-state index contributed by atoms with van der Waals surface area (Å²) in [6.07, 6.45) is 5.32. The summed E-state index contributed by atoms with van der Waals surface area (Å²) in [7, 11) is -3.42. The van der Waals surface area contributed by atoms with Crippen LogP contribution < -0.4 is 10.6 Å². The van der Waals surface area contributed by atoms with Gasteiger partial charge in [0.25, 0.3) is 0 Å². The molecule has 0 unspecified atom stereocenters. The topological polar surface area (TPSA) is 88.2 Å².